The molecule has 23 heavy (non-hydrogen) atoms. The number of nitro benzene ring substituents is 1. The van der Waals surface area contributed by atoms with Crippen molar-refractivity contribution < 1.29 is 9.72 Å². The van der Waals surface area contributed by atoms with Gasteiger partial charge in [-0.15, -0.1) is 0 Å². The summed E-state index contributed by atoms with van der Waals surface area (Å²) in [5.74, 6) is -0.257. The molecule has 6 nitrogen and oxygen atoms in total. The Labute approximate surface area is 149 Å². The van der Waals surface area contributed by atoms with Crippen molar-refractivity contribution in [2.45, 2.75) is 42.6 Å². The number of unbranched alkanes of at least 4 members (excludes halogenated alkanes) is 2. The van der Waals surface area contributed by atoms with Gasteiger partial charge in [-0.1, -0.05) is 60.6 Å². The first kappa shape index (κ1) is 19.8. The van der Waals surface area contributed by atoms with Crippen LogP contribution < -0.4 is 10.6 Å². The Hall–Kier alpha value is -1.24. The topological polar surface area (TPSA) is 84.3 Å². The van der Waals surface area contributed by atoms with Crippen molar-refractivity contribution in [3.05, 3.63) is 34.4 Å². The summed E-state index contributed by atoms with van der Waals surface area (Å²) < 4.78 is -1.81. The lowest BCUT2D eigenvalue weighted by molar-refractivity contribution is -0.384. The van der Waals surface area contributed by atoms with E-state index in [2.05, 4.69) is 10.6 Å². The molecule has 0 saturated carbocycles. The van der Waals surface area contributed by atoms with E-state index in [9.17, 15) is 14.9 Å². The van der Waals surface area contributed by atoms with Gasteiger partial charge in [0, 0.05) is 24.2 Å². The number of nitro groups is 1. The largest absolute Gasteiger partial charge is 0.362 e. The van der Waals surface area contributed by atoms with Crippen LogP contribution in [0.1, 0.15) is 32.6 Å². The molecule has 1 amide bonds. The lowest BCUT2D eigenvalue weighted by atomic mass is 10.2. The Kier molecular flexibility index (Phi) is 7.88. The Balaban J connectivity index is 2.77. The van der Waals surface area contributed by atoms with Gasteiger partial charge >= 0.3 is 0 Å². The van der Waals surface area contributed by atoms with Crippen LogP contribution in [0.4, 0.5) is 11.4 Å². The summed E-state index contributed by atoms with van der Waals surface area (Å²) in [6.07, 6.45) is 1.98. The highest BCUT2D eigenvalue weighted by molar-refractivity contribution is 6.68. The van der Waals surface area contributed by atoms with E-state index >= 15 is 0 Å². The zero-order chi connectivity index (χ0) is 17.5. The number of benzene rings is 1. The highest BCUT2D eigenvalue weighted by atomic mass is 35.6. The summed E-state index contributed by atoms with van der Waals surface area (Å²) in [6.45, 7) is 2.03. The van der Waals surface area contributed by atoms with Crippen molar-refractivity contribution in [1.29, 1.82) is 0 Å². The van der Waals surface area contributed by atoms with E-state index in [1.807, 2.05) is 6.92 Å². The third-order valence-corrected chi connectivity index (χ3v) is 3.66. The van der Waals surface area contributed by atoms with Gasteiger partial charge in [0.2, 0.25) is 9.70 Å². The number of anilines is 1. The van der Waals surface area contributed by atoms with E-state index < -0.39 is 14.9 Å². The third-order valence-electron chi connectivity index (χ3n) is 3.01. The highest BCUT2D eigenvalue weighted by Gasteiger charge is 2.34. The van der Waals surface area contributed by atoms with Crippen molar-refractivity contribution in [2.24, 2.45) is 0 Å². The second-order valence-corrected chi connectivity index (χ2v) is 7.32. The number of nitrogens with one attached hydrogen (secondary N) is 2. The maximum absolute atomic E-state index is 11.9. The zero-order valence-electron chi connectivity index (χ0n) is 12.5. The molecule has 0 fully saturated rings. The molecule has 9 heteroatoms. The first-order chi connectivity index (χ1) is 10.7. The van der Waals surface area contributed by atoms with Crippen LogP contribution >= 0.6 is 34.8 Å². The van der Waals surface area contributed by atoms with Crippen molar-refractivity contribution in [1.82, 2.24) is 5.32 Å². The molecule has 1 aromatic rings. The lowest BCUT2D eigenvalue weighted by Gasteiger charge is -2.27. The number of hydrogen-bond acceptors (Lipinski definition) is 4. The maximum Gasteiger partial charge on any atom is 0.271 e. The number of non-ortho nitro benzene ring substituents is 1. The van der Waals surface area contributed by atoms with E-state index in [0.29, 0.717) is 12.1 Å². The molecule has 0 aliphatic heterocycles. The summed E-state index contributed by atoms with van der Waals surface area (Å²) in [4.78, 5) is 22.2. The van der Waals surface area contributed by atoms with Crippen LogP contribution in [0.15, 0.2) is 24.3 Å². The normalized spacial score (nSPS) is 12.5. The van der Waals surface area contributed by atoms with Crippen molar-refractivity contribution in [3.8, 4) is 0 Å². The molecule has 0 aliphatic rings. The molecule has 1 atom stereocenters. The molecule has 0 unspecified atom stereocenters. The minimum atomic E-state index is -1.81. The molecule has 0 bridgehead atoms. The molecule has 128 valence electrons. The molecule has 0 spiro atoms. The number of carbonyl (C=O) groups excluding carboxylic acids is 1. The fourth-order valence-corrected chi connectivity index (χ4v) is 2.17. The number of rotatable bonds is 8. The molecule has 1 aromatic carbocycles. The minimum absolute atomic E-state index is 0.104. The van der Waals surface area contributed by atoms with Crippen LogP contribution in [0.25, 0.3) is 0 Å². The molecular formula is C14H18Cl3N3O3. The predicted molar refractivity (Wildman–Crippen MR) is 93.1 cm³/mol. The van der Waals surface area contributed by atoms with Gasteiger partial charge in [-0.2, -0.15) is 0 Å². The van der Waals surface area contributed by atoms with Crippen molar-refractivity contribution in [3.63, 3.8) is 0 Å². The molecule has 0 saturated heterocycles. The number of amides is 1. The summed E-state index contributed by atoms with van der Waals surface area (Å²) in [5.41, 5.74) is 0.261. The standard InChI is InChI=1S/C14H18Cl3N3O3/c1-2-3-4-8-12(21)19-13(14(15,16)17)18-10-6-5-7-11(9-10)20(22)23/h5-7,9,13,18H,2-4,8H2,1H3,(H,19,21)/t13-/m1/s1. The van der Waals surface area contributed by atoms with Crippen LogP contribution in [0.5, 0.6) is 0 Å². The van der Waals surface area contributed by atoms with Gasteiger partial charge in [-0.25, -0.2) is 0 Å². The van der Waals surface area contributed by atoms with Crippen LogP contribution in [0.2, 0.25) is 0 Å². The second-order valence-electron chi connectivity index (χ2n) is 4.95. The quantitative estimate of drug-likeness (QED) is 0.229. The average Bonchev–Trinajstić information content (AvgIpc) is 2.46. The number of hydrogen-bond donors (Lipinski definition) is 2. The third kappa shape index (κ3) is 7.24. The molecule has 0 heterocycles. The molecule has 0 aromatic heterocycles. The fourth-order valence-electron chi connectivity index (χ4n) is 1.84. The summed E-state index contributed by atoms with van der Waals surface area (Å²) in [5, 5.41) is 16.2. The van der Waals surface area contributed by atoms with Gasteiger partial charge in [0.1, 0.15) is 6.17 Å². The van der Waals surface area contributed by atoms with Crippen LogP contribution in [0.3, 0.4) is 0 Å². The van der Waals surface area contributed by atoms with Crippen molar-refractivity contribution in [2.75, 3.05) is 5.32 Å². The maximum atomic E-state index is 11.9. The minimum Gasteiger partial charge on any atom is -0.362 e. The Morgan fingerprint density at radius 1 is 1.35 bits per heavy atom. The Morgan fingerprint density at radius 2 is 2.04 bits per heavy atom. The molecular weight excluding hydrogens is 365 g/mol. The first-order valence-electron chi connectivity index (χ1n) is 7.11. The Morgan fingerprint density at radius 3 is 2.61 bits per heavy atom. The zero-order valence-corrected chi connectivity index (χ0v) is 14.8. The van der Waals surface area contributed by atoms with E-state index in [1.54, 1.807) is 6.07 Å². The van der Waals surface area contributed by atoms with Gasteiger partial charge in [-0.3, -0.25) is 14.9 Å². The number of alkyl halides is 3. The van der Waals surface area contributed by atoms with E-state index in [1.165, 1.54) is 18.2 Å². The lowest BCUT2D eigenvalue weighted by Crippen LogP contribution is -2.49. The number of nitrogens with zero attached hydrogens (tertiary/aromatic N) is 1. The van der Waals surface area contributed by atoms with Gasteiger partial charge in [0.25, 0.3) is 5.69 Å². The molecule has 0 radical (unpaired) electrons. The second kappa shape index (κ2) is 9.15. The van der Waals surface area contributed by atoms with Gasteiger partial charge in [0.05, 0.1) is 4.92 Å². The van der Waals surface area contributed by atoms with E-state index in [-0.39, 0.29) is 11.6 Å². The van der Waals surface area contributed by atoms with Crippen LogP contribution in [-0.4, -0.2) is 20.8 Å². The van der Waals surface area contributed by atoms with E-state index in [4.69, 9.17) is 34.8 Å². The Bertz CT molecular complexity index is 550. The molecule has 0 aliphatic carbocycles. The summed E-state index contributed by atoms with van der Waals surface area (Å²) >= 11 is 17.6. The van der Waals surface area contributed by atoms with Crippen molar-refractivity contribution >= 4 is 52.1 Å². The van der Waals surface area contributed by atoms with Gasteiger partial charge in [-0.05, 0) is 12.5 Å². The number of halogens is 3. The van der Waals surface area contributed by atoms with Gasteiger partial charge in [0.15, 0.2) is 0 Å². The molecule has 2 N–H and O–H groups in total. The highest BCUT2D eigenvalue weighted by Crippen LogP contribution is 2.31. The number of carbonyl (C=O) groups is 1. The summed E-state index contributed by atoms with van der Waals surface area (Å²) in [7, 11) is 0. The summed E-state index contributed by atoms with van der Waals surface area (Å²) in [6, 6.07) is 5.73. The van der Waals surface area contributed by atoms with Gasteiger partial charge < -0.3 is 10.6 Å². The van der Waals surface area contributed by atoms with Crippen LogP contribution in [0, 0.1) is 10.1 Å². The SMILES string of the molecule is CCCCCC(=O)N[C@@H](Nc1cccc([N+](=O)[O-])c1)C(Cl)(Cl)Cl. The fraction of sp³-hybridized carbons (Fsp3) is 0.500. The molecule has 1 rings (SSSR count). The van der Waals surface area contributed by atoms with E-state index in [0.717, 1.165) is 19.3 Å². The smallest absolute Gasteiger partial charge is 0.271 e. The monoisotopic (exact) mass is 381 g/mol. The average molecular weight is 383 g/mol. The first-order valence-corrected chi connectivity index (χ1v) is 8.24. The predicted octanol–water partition coefficient (Wildman–Crippen LogP) is 4.40. The van der Waals surface area contributed by atoms with Crippen LogP contribution in [-0.2, 0) is 4.79 Å².